The molecule has 0 fully saturated rings. The molecular formula is C13H11N3S. The molecule has 0 aliphatic rings. The molecule has 0 bridgehead atoms. The van der Waals surface area contributed by atoms with E-state index in [0.717, 1.165) is 10.6 Å². The molecule has 1 aromatic carbocycles. The monoisotopic (exact) mass is 241 g/mol. The Labute approximate surface area is 103 Å². The normalized spacial score (nSPS) is 10.6. The van der Waals surface area contributed by atoms with Gasteiger partial charge < -0.3 is 5.73 Å². The lowest BCUT2D eigenvalue weighted by Crippen LogP contribution is -1.81. The molecule has 0 radical (unpaired) electrons. The number of aromatic amines is 1. The van der Waals surface area contributed by atoms with Gasteiger partial charge in [0, 0.05) is 10.9 Å². The molecule has 3 aromatic rings. The van der Waals surface area contributed by atoms with Crippen molar-refractivity contribution in [3.8, 4) is 21.0 Å². The zero-order valence-corrected chi connectivity index (χ0v) is 9.87. The van der Waals surface area contributed by atoms with Crippen LogP contribution in [-0.2, 0) is 0 Å². The van der Waals surface area contributed by atoms with Crippen LogP contribution in [-0.4, -0.2) is 10.2 Å². The Morgan fingerprint density at radius 3 is 2.47 bits per heavy atom. The molecule has 0 atom stereocenters. The van der Waals surface area contributed by atoms with Crippen LogP contribution in [0.3, 0.4) is 0 Å². The first kappa shape index (κ1) is 10.1. The Balaban J connectivity index is 1.99. The number of H-pyrrole nitrogens is 1. The third-order valence-electron chi connectivity index (χ3n) is 2.53. The molecule has 0 saturated heterocycles. The lowest BCUT2D eigenvalue weighted by Gasteiger charge is -1.94. The molecule has 3 N–H and O–H groups in total. The lowest BCUT2D eigenvalue weighted by molar-refractivity contribution is 1.11. The van der Waals surface area contributed by atoms with Crippen LogP contribution in [0, 0.1) is 0 Å². The fraction of sp³-hybridized carbons (Fsp3) is 0. The predicted octanol–water partition coefficient (Wildman–Crippen LogP) is 3.39. The number of nitrogens with two attached hydrogens (primary N) is 1. The van der Waals surface area contributed by atoms with Crippen LogP contribution < -0.4 is 5.73 Å². The summed E-state index contributed by atoms with van der Waals surface area (Å²) in [6.07, 6.45) is 0. The Morgan fingerprint density at radius 2 is 1.76 bits per heavy atom. The molecule has 3 rings (SSSR count). The van der Waals surface area contributed by atoms with Crippen molar-refractivity contribution in [3.63, 3.8) is 0 Å². The minimum atomic E-state index is 0.523. The minimum Gasteiger partial charge on any atom is -0.382 e. The summed E-state index contributed by atoms with van der Waals surface area (Å²) in [4.78, 5) is 2.39. The highest BCUT2D eigenvalue weighted by Gasteiger charge is 2.06. The Morgan fingerprint density at radius 1 is 1.00 bits per heavy atom. The molecule has 0 unspecified atom stereocenters. The lowest BCUT2D eigenvalue weighted by atomic mass is 10.2. The number of benzene rings is 1. The number of hydrogen-bond donors (Lipinski definition) is 2. The number of nitrogen functional groups attached to an aromatic ring is 1. The number of aromatic nitrogens is 2. The molecule has 4 heteroatoms. The third kappa shape index (κ3) is 1.94. The Bertz CT molecular complexity index is 625. The first-order valence-corrected chi connectivity index (χ1v) is 6.11. The summed E-state index contributed by atoms with van der Waals surface area (Å²) in [5.74, 6) is 0.523. The molecule has 17 heavy (non-hydrogen) atoms. The molecule has 2 aromatic heterocycles. The van der Waals surface area contributed by atoms with E-state index < -0.39 is 0 Å². The summed E-state index contributed by atoms with van der Waals surface area (Å²) in [6.45, 7) is 0. The number of hydrogen-bond acceptors (Lipinski definition) is 3. The van der Waals surface area contributed by atoms with Crippen molar-refractivity contribution < 1.29 is 0 Å². The summed E-state index contributed by atoms with van der Waals surface area (Å²) in [5.41, 5.74) is 7.80. The number of rotatable bonds is 2. The topological polar surface area (TPSA) is 54.7 Å². The van der Waals surface area contributed by atoms with E-state index in [9.17, 15) is 0 Å². The number of nitrogens with zero attached hydrogens (tertiary/aromatic N) is 1. The quantitative estimate of drug-likeness (QED) is 0.722. The zero-order chi connectivity index (χ0) is 11.7. The predicted molar refractivity (Wildman–Crippen MR) is 71.7 cm³/mol. The second-order valence-corrected chi connectivity index (χ2v) is 4.82. The highest BCUT2D eigenvalue weighted by Crippen LogP contribution is 2.33. The van der Waals surface area contributed by atoms with E-state index in [4.69, 9.17) is 5.73 Å². The zero-order valence-electron chi connectivity index (χ0n) is 9.05. The van der Waals surface area contributed by atoms with Crippen LogP contribution in [0.1, 0.15) is 0 Å². The van der Waals surface area contributed by atoms with Gasteiger partial charge >= 0.3 is 0 Å². The highest BCUT2D eigenvalue weighted by atomic mass is 32.1. The van der Waals surface area contributed by atoms with Gasteiger partial charge in [-0.15, -0.1) is 11.3 Å². The highest BCUT2D eigenvalue weighted by molar-refractivity contribution is 7.18. The molecule has 3 nitrogen and oxygen atoms in total. The largest absolute Gasteiger partial charge is 0.382 e. The molecular weight excluding hydrogens is 230 g/mol. The van der Waals surface area contributed by atoms with Gasteiger partial charge in [-0.3, -0.25) is 5.10 Å². The summed E-state index contributed by atoms with van der Waals surface area (Å²) < 4.78 is 0. The Hall–Kier alpha value is -2.07. The van der Waals surface area contributed by atoms with Crippen molar-refractivity contribution >= 4 is 17.2 Å². The van der Waals surface area contributed by atoms with E-state index in [-0.39, 0.29) is 0 Å². The molecule has 0 amide bonds. The molecule has 84 valence electrons. The SMILES string of the molecule is Nc1cc(-c2ccc(-c3ccccc3)s2)[nH]n1. The van der Waals surface area contributed by atoms with Crippen LogP contribution in [0.5, 0.6) is 0 Å². The van der Waals surface area contributed by atoms with E-state index >= 15 is 0 Å². The van der Waals surface area contributed by atoms with Crippen LogP contribution in [0.4, 0.5) is 5.82 Å². The van der Waals surface area contributed by atoms with Gasteiger partial charge in [0.2, 0.25) is 0 Å². The maximum absolute atomic E-state index is 5.60. The summed E-state index contributed by atoms with van der Waals surface area (Å²) in [5, 5.41) is 6.86. The molecule has 2 heterocycles. The average molecular weight is 241 g/mol. The van der Waals surface area contributed by atoms with Crippen LogP contribution >= 0.6 is 11.3 Å². The fourth-order valence-electron chi connectivity index (χ4n) is 1.70. The smallest absolute Gasteiger partial charge is 0.145 e. The van der Waals surface area contributed by atoms with Gasteiger partial charge in [0.25, 0.3) is 0 Å². The number of thiophene rings is 1. The van der Waals surface area contributed by atoms with Crippen molar-refractivity contribution in [2.24, 2.45) is 0 Å². The standard InChI is InChI=1S/C13H11N3S/c14-13-8-10(15-16-13)12-7-6-11(17-12)9-4-2-1-3-5-9/h1-8H,(H3,14,15,16). The summed E-state index contributed by atoms with van der Waals surface area (Å²) in [7, 11) is 0. The van der Waals surface area contributed by atoms with Crippen molar-refractivity contribution in [1.29, 1.82) is 0 Å². The minimum absolute atomic E-state index is 0.523. The molecule has 0 aliphatic heterocycles. The molecule has 0 saturated carbocycles. The average Bonchev–Trinajstić information content (AvgIpc) is 2.98. The van der Waals surface area contributed by atoms with Crippen molar-refractivity contribution in [3.05, 3.63) is 48.5 Å². The van der Waals surface area contributed by atoms with E-state index in [1.54, 1.807) is 11.3 Å². The van der Waals surface area contributed by atoms with E-state index in [1.165, 1.54) is 10.4 Å². The van der Waals surface area contributed by atoms with E-state index in [2.05, 4.69) is 34.5 Å². The molecule has 0 aliphatic carbocycles. The maximum atomic E-state index is 5.60. The van der Waals surface area contributed by atoms with Crippen molar-refractivity contribution in [1.82, 2.24) is 10.2 Å². The third-order valence-corrected chi connectivity index (χ3v) is 3.70. The second-order valence-electron chi connectivity index (χ2n) is 3.74. The van der Waals surface area contributed by atoms with Crippen LogP contribution in [0.25, 0.3) is 21.0 Å². The van der Waals surface area contributed by atoms with Gasteiger partial charge in [-0.1, -0.05) is 30.3 Å². The van der Waals surface area contributed by atoms with E-state index in [1.807, 2.05) is 24.3 Å². The first-order chi connectivity index (χ1) is 8.33. The van der Waals surface area contributed by atoms with Crippen LogP contribution in [0.2, 0.25) is 0 Å². The van der Waals surface area contributed by atoms with Crippen molar-refractivity contribution in [2.45, 2.75) is 0 Å². The Kier molecular flexibility index (Phi) is 2.42. The maximum Gasteiger partial charge on any atom is 0.145 e. The number of anilines is 1. The van der Waals surface area contributed by atoms with Gasteiger partial charge in [0.1, 0.15) is 5.82 Å². The summed E-state index contributed by atoms with van der Waals surface area (Å²) >= 11 is 1.73. The fourth-order valence-corrected chi connectivity index (χ4v) is 2.68. The second kappa shape index (κ2) is 4.07. The van der Waals surface area contributed by atoms with Crippen molar-refractivity contribution in [2.75, 3.05) is 5.73 Å². The van der Waals surface area contributed by atoms with Gasteiger partial charge in [0.05, 0.1) is 10.6 Å². The van der Waals surface area contributed by atoms with Gasteiger partial charge in [-0.25, -0.2) is 0 Å². The summed E-state index contributed by atoms with van der Waals surface area (Å²) in [6, 6.07) is 16.4. The first-order valence-electron chi connectivity index (χ1n) is 5.29. The van der Waals surface area contributed by atoms with Gasteiger partial charge in [-0.2, -0.15) is 5.10 Å². The number of nitrogens with one attached hydrogen (secondary N) is 1. The molecule has 0 spiro atoms. The van der Waals surface area contributed by atoms with E-state index in [0.29, 0.717) is 5.82 Å². The van der Waals surface area contributed by atoms with Crippen LogP contribution in [0.15, 0.2) is 48.5 Å². The van der Waals surface area contributed by atoms with Gasteiger partial charge in [0.15, 0.2) is 0 Å². The van der Waals surface area contributed by atoms with Gasteiger partial charge in [-0.05, 0) is 17.7 Å².